The largest absolute Gasteiger partial charge is 0.492 e. The smallest absolute Gasteiger partial charge is 0.250 e. The summed E-state index contributed by atoms with van der Waals surface area (Å²) < 4.78 is 13.8. The van der Waals surface area contributed by atoms with Gasteiger partial charge in [-0.15, -0.1) is 0 Å². The fraction of sp³-hybridized carbons (Fsp3) is 0.286. The third-order valence-electron chi connectivity index (χ3n) is 7.06. The van der Waals surface area contributed by atoms with Crippen LogP contribution in [0, 0.1) is 5.92 Å². The van der Waals surface area contributed by atoms with Gasteiger partial charge in [0.05, 0.1) is 10.9 Å². The maximum absolute atomic E-state index is 12.9. The molecule has 0 N–H and O–H groups in total. The van der Waals surface area contributed by atoms with E-state index < -0.39 is 0 Å². The summed E-state index contributed by atoms with van der Waals surface area (Å²) in [5.41, 5.74) is 3.16. The maximum Gasteiger partial charge on any atom is 0.250 e. The average molecular weight is 455 g/mol. The van der Waals surface area contributed by atoms with Gasteiger partial charge in [-0.25, -0.2) is 0 Å². The van der Waals surface area contributed by atoms with Gasteiger partial charge in [-0.1, -0.05) is 36.4 Å². The van der Waals surface area contributed by atoms with Crippen LogP contribution in [0.1, 0.15) is 18.0 Å². The Morgan fingerprint density at radius 3 is 2.71 bits per heavy atom. The summed E-state index contributed by atoms with van der Waals surface area (Å²) in [4.78, 5) is 27.6. The summed E-state index contributed by atoms with van der Waals surface area (Å²) >= 11 is 0. The SMILES string of the molecule is O=c1c(-c2ccccc2)coc2cc(OCCN3C[C@@H]4C[C@H](C3)c3cccc(=O)n3C4)ccc12. The molecule has 4 aromatic rings. The van der Waals surface area contributed by atoms with Gasteiger partial charge in [0.25, 0.3) is 5.56 Å². The van der Waals surface area contributed by atoms with Crippen molar-refractivity contribution in [3.63, 3.8) is 0 Å². The first-order valence-corrected chi connectivity index (χ1v) is 11.8. The number of likely N-dealkylation sites (tertiary alicyclic amines) is 1. The minimum atomic E-state index is -0.0433. The Labute approximate surface area is 197 Å². The molecule has 0 spiro atoms. The summed E-state index contributed by atoms with van der Waals surface area (Å²) in [7, 11) is 0. The summed E-state index contributed by atoms with van der Waals surface area (Å²) in [5, 5.41) is 0.548. The van der Waals surface area contributed by atoms with E-state index in [1.54, 1.807) is 18.2 Å². The van der Waals surface area contributed by atoms with E-state index in [-0.39, 0.29) is 11.0 Å². The van der Waals surface area contributed by atoms with Crippen molar-refractivity contribution in [3.05, 3.63) is 99.3 Å². The molecule has 2 aliphatic heterocycles. The lowest BCUT2D eigenvalue weighted by atomic mass is 9.83. The highest BCUT2D eigenvalue weighted by molar-refractivity contribution is 5.82. The molecule has 2 bridgehead atoms. The van der Waals surface area contributed by atoms with Crippen molar-refractivity contribution in [1.29, 1.82) is 0 Å². The molecule has 1 saturated heterocycles. The lowest BCUT2D eigenvalue weighted by Crippen LogP contribution is -2.48. The molecule has 2 aromatic carbocycles. The van der Waals surface area contributed by atoms with Crippen molar-refractivity contribution in [2.75, 3.05) is 26.2 Å². The molecular formula is C28H26N2O4. The zero-order valence-corrected chi connectivity index (χ0v) is 18.9. The van der Waals surface area contributed by atoms with E-state index in [0.717, 1.165) is 43.9 Å². The van der Waals surface area contributed by atoms with Crippen molar-refractivity contribution in [3.8, 4) is 16.9 Å². The second-order valence-corrected chi connectivity index (χ2v) is 9.31. The van der Waals surface area contributed by atoms with Crippen molar-refractivity contribution in [1.82, 2.24) is 9.47 Å². The van der Waals surface area contributed by atoms with Crippen molar-refractivity contribution in [2.24, 2.45) is 5.92 Å². The van der Waals surface area contributed by atoms with Crippen LogP contribution in [0.15, 0.2) is 87.0 Å². The predicted octanol–water partition coefficient (Wildman–Crippen LogP) is 4.12. The van der Waals surface area contributed by atoms with Gasteiger partial charge in [-0.05, 0) is 36.1 Å². The molecule has 2 aromatic heterocycles. The number of hydrogen-bond donors (Lipinski definition) is 0. The second kappa shape index (κ2) is 8.61. The van der Waals surface area contributed by atoms with Gasteiger partial charge in [0.15, 0.2) is 5.43 Å². The Morgan fingerprint density at radius 1 is 0.941 bits per heavy atom. The Kier molecular flexibility index (Phi) is 5.30. The van der Waals surface area contributed by atoms with E-state index in [1.807, 2.05) is 47.0 Å². The monoisotopic (exact) mass is 454 g/mol. The summed E-state index contributed by atoms with van der Waals surface area (Å²) in [6, 6.07) is 20.6. The normalized spacial score (nSPS) is 19.6. The summed E-state index contributed by atoms with van der Waals surface area (Å²) in [5.74, 6) is 1.59. The predicted molar refractivity (Wildman–Crippen MR) is 131 cm³/mol. The lowest BCUT2D eigenvalue weighted by Gasteiger charge is -2.42. The van der Waals surface area contributed by atoms with Gasteiger partial charge in [0.2, 0.25) is 0 Å². The van der Waals surface area contributed by atoms with Crippen LogP contribution < -0.4 is 15.7 Å². The first-order valence-electron chi connectivity index (χ1n) is 11.8. The summed E-state index contributed by atoms with van der Waals surface area (Å²) in [6.45, 7) is 4.10. The number of benzene rings is 2. The van der Waals surface area contributed by atoms with Gasteiger partial charge in [-0.3, -0.25) is 14.5 Å². The van der Waals surface area contributed by atoms with E-state index in [9.17, 15) is 9.59 Å². The van der Waals surface area contributed by atoms with Crippen molar-refractivity contribution >= 4 is 11.0 Å². The highest BCUT2D eigenvalue weighted by atomic mass is 16.5. The van der Waals surface area contributed by atoms with E-state index in [1.165, 1.54) is 6.26 Å². The minimum Gasteiger partial charge on any atom is -0.492 e. The second-order valence-electron chi connectivity index (χ2n) is 9.31. The minimum absolute atomic E-state index is 0.0433. The highest BCUT2D eigenvalue weighted by Gasteiger charge is 2.34. The van der Waals surface area contributed by atoms with Crippen LogP contribution >= 0.6 is 0 Å². The molecule has 0 unspecified atom stereocenters. The first-order chi connectivity index (χ1) is 16.7. The lowest BCUT2D eigenvalue weighted by molar-refractivity contribution is 0.104. The van der Waals surface area contributed by atoms with Crippen LogP contribution in [0.3, 0.4) is 0 Å². The Bertz CT molecular complexity index is 1460. The third kappa shape index (κ3) is 3.84. The topological polar surface area (TPSA) is 64.7 Å². The fourth-order valence-corrected chi connectivity index (χ4v) is 5.49. The first kappa shape index (κ1) is 20.9. The molecular weight excluding hydrogens is 428 g/mol. The molecule has 0 saturated carbocycles. The number of ether oxygens (including phenoxy) is 1. The molecule has 2 aliphatic rings. The van der Waals surface area contributed by atoms with Crippen LogP contribution in [0.2, 0.25) is 0 Å². The van der Waals surface area contributed by atoms with Crippen LogP contribution in [-0.2, 0) is 6.54 Å². The molecule has 6 heteroatoms. The molecule has 2 atom stereocenters. The van der Waals surface area contributed by atoms with Crippen LogP contribution in [-0.4, -0.2) is 35.7 Å². The van der Waals surface area contributed by atoms with Gasteiger partial charge in [0, 0.05) is 49.9 Å². The third-order valence-corrected chi connectivity index (χ3v) is 7.06. The standard InChI is InChI=1S/C28H26N2O4/c31-27-8-4-7-25-21-13-19(16-30(25)27)15-29(17-21)11-12-33-22-9-10-23-26(14-22)34-18-24(28(23)32)20-5-2-1-3-6-20/h1-10,14,18-19,21H,11-13,15-17H2/t19-,21+/m0/s1. The molecule has 4 heterocycles. The van der Waals surface area contributed by atoms with Gasteiger partial charge in [-0.2, -0.15) is 0 Å². The molecule has 0 aliphatic carbocycles. The highest BCUT2D eigenvalue weighted by Crippen LogP contribution is 2.34. The Balaban J connectivity index is 1.13. The van der Waals surface area contributed by atoms with Crippen LogP contribution in [0.25, 0.3) is 22.1 Å². The van der Waals surface area contributed by atoms with Gasteiger partial charge >= 0.3 is 0 Å². The molecule has 0 radical (unpaired) electrons. The van der Waals surface area contributed by atoms with E-state index in [0.29, 0.717) is 40.7 Å². The van der Waals surface area contributed by atoms with Crippen molar-refractivity contribution in [2.45, 2.75) is 18.9 Å². The molecule has 34 heavy (non-hydrogen) atoms. The number of rotatable bonds is 5. The maximum atomic E-state index is 12.9. The number of aromatic nitrogens is 1. The zero-order valence-electron chi connectivity index (χ0n) is 18.9. The van der Waals surface area contributed by atoms with Crippen LogP contribution in [0.5, 0.6) is 5.75 Å². The van der Waals surface area contributed by atoms with E-state index >= 15 is 0 Å². The fourth-order valence-electron chi connectivity index (χ4n) is 5.49. The van der Waals surface area contributed by atoms with Gasteiger partial charge < -0.3 is 13.7 Å². The summed E-state index contributed by atoms with van der Waals surface area (Å²) in [6.07, 6.45) is 2.68. The molecule has 6 rings (SSSR count). The number of nitrogens with zero attached hydrogens (tertiary/aromatic N) is 2. The molecule has 0 amide bonds. The number of hydrogen-bond acceptors (Lipinski definition) is 5. The quantitative estimate of drug-likeness (QED) is 0.454. The molecule has 1 fully saturated rings. The molecule has 6 nitrogen and oxygen atoms in total. The number of fused-ring (bicyclic) bond motifs is 5. The zero-order chi connectivity index (χ0) is 23.1. The van der Waals surface area contributed by atoms with E-state index in [4.69, 9.17) is 9.15 Å². The average Bonchev–Trinajstić information content (AvgIpc) is 2.85. The van der Waals surface area contributed by atoms with Crippen molar-refractivity contribution < 1.29 is 9.15 Å². The van der Waals surface area contributed by atoms with E-state index in [2.05, 4.69) is 11.0 Å². The number of pyridine rings is 1. The molecule has 172 valence electrons. The Morgan fingerprint density at radius 2 is 1.82 bits per heavy atom. The van der Waals surface area contributed by atoms with Gasteiger partial charge in [0.1, 0.15) is 24.2 Å². The number of piperidine rings is 1. The van der Waals surface area contributed by atoms with Crippen LogP contribution in [0.4, 0.5) is 0 Å². The Hall–Kier alpha value is -3.64.